The van der Waals surface area contributed by atoms with Gasteiger partial charge in [-0.2, -0.15) is 0 Å². The predicted octanol–water partition coefficient (Wildman–Crippen LogP) is 12.6. The first kappa shape index (κ1) is 29.5. The molecule has 6 aromatic carbocycles. The molecule has 0 saturated carbocycles. The second kappa shape index (κ2) is 11.9. The van der Waals surface area contributed by atoms with Gasteiger partial charge in [0, 0.05) is 56.7 Å². The molecule has 242 valence electrons. The SMILES string of the molecule is CC1CC=Cc2c1c1ccccc1n2-c1cccc(-c2ccc(-c3cncc(-c4ccc(-n5c6ccccc6c6ccccc65)cc4)c3)cc2)c1. The predicted molar refractivity (Wildman–Crippen MR) is 214 cm³/mol. The number of fused-ring (bicyclic) bond motifs is 6. The molecule has 0 spiro atoms. The van der Waals surface area contributed by atoms with Crippen LogP contribution in [-0.2, 0) is 0 Å². The minimum atomic E-state index is 0.505. The maximum atomic E-state index is 4.66. The molecule has 3 heteroatoms. The van der Waals surface area contributed by atoms with Crippen LogP contribution in [-0.4, -0.2) is 14.1 Å². The van der Waals surface area contributed by atoms with Crippen molar-refractivity contribution in [2.24, 2.45) is 0 Å². The van der Waals surface area contributed by atoms with Gasteiger partial charge in [0.15, 0.2) is 0 Å². The zero-order valence-electron chi connectivity index (χ0n) is 28.4. The van der Waals surface area contributed by atoms with Crippen molar-refractivity contribution in [2.75, 3.05) is 0 Å². The number of benzene rings is 6. The summed E-state index contributed by atoms with van der Waals surface area (Å²) in [5, 5.41) is 3.90. The molecule has 1 atom stereocenters. The van der Waals surface area contributed by atoms with E-state index < -0.39 is 0 Å². The highest BCUT2D eigenvalue weighted by Gasteiger charge is 2.23. The fourth-order valence-corrected chi connectivity index (χ4v) is 8.19. The second-order valence-corrected chi connectivity index (χ2v) is 13.7. The molecule has 0 bridgehead atoms. The van der Waals surface area contributed by atoms with Gasteiger partial charge in [-0.1, -0.05) is 116 Å². The Labute approximate surface area is 297 Å². The minimum Gasteiger partial charge on any atom is -0.310 e. The number of rotatable bonds is 5. The highest BCUT2D eigenvalue weighted by Crippen LogP contribution is 2.40. The number of para-hydroxylation sites is 3. The summed E-state index contributed by atoms with van der Waals surface area (Å²) in [4.78, 5) is 4.66. The lowest BCUT2D eigenvalue weighted by Crippen LogP contribution is -2.03. The van der Waals surface area contributed by atoms with Crippen LogP contribution in [0.3, 0.4) is 0 Å². The molecule has 1 aliphatic carbocycles. The number of hydrogen-bond donors (Lipinski definition) is 0. The molecule has 0 amide bonds. The molecule has 0 N–H and O–H groups in total. The van der Waals surface area contributed by atoms with Crippen molar-refractivity contribution in [1.82, 2.24) is 14.1 Å². The average Bonchev–Trinajstić information content (AvgIpc) is 3.72. The van der Waals surface area contributed by atoms with Gasteiger partial charge in [0.2, 0.25) is 0 Å². The van der Waals surface area contributed by atoms with Crippen molar-refractivity contribution in [3.63, 3.8) is 0 Å². The Bertz CT molecular complexity index is 2720. The van der Waals surface area contributed by atoms with E-state index >= 15 is 0 Å². The second-order valence-electron chi connectivity index (χ2n) is 13.7. The van der Waals surface area contributed by atoms with E-state index in [0.717, 1.165) is 34.4 Å². The van der Waals surface area contributed by atoms with Crippen LogP contribution < -0.4 is 0 Å². The van der Waals surface area contributed by atoms with Crippen LogP contribution in [0, 0.1) is 0 Å². The number of aromatic nitrogens is 3. The van der Waals surface area contributed by atoms with E-state index in [4.69, 9.17) is 0 Å². The summed E-state index contributed by atoms with van der Waals surface area (Å²) in [5.41, 5.74) is 15.7. The van der Waals surface area contributed by atoms with Crippen LogP contribution in [0.1, 0.15) is 30.5 Å². The summed E-state index contributed by atoms with van der Waals surface area (Å²) >= 11 is 0. The molecule has 3 heterocycles. The lowest BCUT2D eigenvalue weighted by molar-refractivity contribution is 0.773. The molecule has 0 aliphatic heterocycles. The quantitative estimate of drug-likeness (QED) is 0.181. The van der Waals surface area contributed by atoms with Crippen LogP contribution in [0.25, 0.3) is 83.5 Å². The third-order valence-corrected chi connectivity index (χ3v) is 10.6. The normalized spacial score (nSPS) is 14.0. The first-order valence-electron chi connectivity index (χ1n) is 17.8. The van der Waals surface area contributed by atoms with Crippen molar-refractivity contribution >= 4 is 38.8 Å². The molecule has 3 nitrogen and oxygen atoms in total. The van der Waals surface area contributed by atoms with Gasteiger partial charge in [-0.15, -0.1) is 0 Å². The van der Waals surface area contributed by atoms with E-state index in [1.165, 1.54) is 60.8 Å². The van der Waals surface area contributed by atoms with Crippen molar-refractivity contribution in [2.45, 2.75) is 19.3 Å². The first-order valence-corrected chi connectivity index (χ1v) is 17.8. The molecule has 0 fully saturated rings. The highest BCUT2D eigenvalue weighted by atomic mass is 15.0. The molecule has 0 radical (unpaired) electrons. The third-order valence-electron chi connectivity index (χ3n) is 10.6. The van der Waals surface area contributed by atoms with E-state index in [9.17, 15) is 0 Å². The minimum absolute atomic E-state index is 0.505. The Morgan fingerprint density at radius 1 is 0.471 bits per heavy atom. The Morgan fingerprint density at radius 2 is 1.02 bits per heavy atom. The van der Waals surface area contributed by atoms with Gasteiger partial charge in [-0.3, -0.25) is 4.98 Å². The van der Waals surface area contributed by atoms with Gasteiger partial charge < -0.3 is 9.13 Å². The lowest BCUT2D eigenvalue weighted by Gasteiger charge is -2.17. The molecule has 1 aliphatic rings. The monoisotopic (exact) mass is 653 g/mol. The Hall–Kier alpha value is -6.45. The van der Waals surface area contributed by atoms with Crippen molar-refractivity contribution < 1.29 is 0 Å². The van der Waals surface area contributed by atoms with Gasteiger partial charge in [-0.25, -0.2) is 0 Å². The summed E-state index contributed by atoms with van der Waals surface area (Å²) in [6.45, 7) is 2.34. The van der Waals surface area contributed by atoms with Crippen molar-refractivity contribution in [3.05, 3.63) is 181 Å². The maximum absolute atomic E-state index is 4.66. The summed E-state index contributed by atoms with van der Waals surface area (Å²) in [7, 11) is 0. The molecule has 3 aromatic heterocycles. The van der Waals surface area contributed by atoms with Gasteiger partial charge in [-0.05, 0) is 94.8 Å². The fourth-order valence-electron chi connectivity index (χ4n) is 8.19. The molecule has 0 saturated heterocycles. The van der Waals surface area contributed by atoms with Gasteiger partial charge in [0.1, 0.15) is 0 Å². The highest BCUT2D eigenvalue weighted by molar-refractivity contribution is 6.09. The van der Waals surface area contributed by atoms with E-state index in [-0.39, 0.29) is 0 Å². The Kier molecular flexibility index (Phi) is 6.85. The van der Waals surface area contributed by atoms with Gasteiger partial charge in [0.25, 0.3) is 0 Å². The number of nitrogens with zero attached hydrogens (tertiary/aromatic N) is 3. The molecular weight excluding hydrogens is 619 g/mol. The van der Waals surface area contributed by atoms with Gasteiger partial charge >= 0.3 is 0 Å². The fraction of sp³-hybridized carbons (Fsp3) is 0.0625. The number of allylic oxidation sites excluding steroid dienone is 1. The average molecular weight is 654 g/mol. The summed E-state index contributed by atoms with van der Waals surface area (Å²) in [5.74, 6) is 0.505. The van der Waals surface area contributed by atoms with E-state index in [1.54, 1.807) is 0 Å². The van der Waals surface area contributed by atoms with Crippen molar-refractivity contribution in [3.8, 4) is 44.8 Å². The summed E-state index contributed by atoms with van der Waals surface area (Å²) < 4.78 is 4.79. The van der Waals surface area contributed by atoms with Gasteiger partial charge in [0.05, 0.1) is 16.6 Å². The third kappa shape index (κ3) is 4.85. The van der Waals surface area contributed by atoms with Crippen molar-refractivity contribution in [1.29, 1.82) is 0 Å². The van der Waals surface area contributed by atoms with Crippen LogP contribution in [0.5, 0.6) is 0 Å². The smallest absolute Gasteiger partial charge is 0.0541 e. The molecule has 10 rings (SSSR count). The van der Waals surface area contributed by atoms with Crippen LogP contribution in [0.4, 0.5) is 0 Å². The number of hydrogen-bond acceptors (Lipinski definition) is 1. The summed E-state index contributed by atoms with van der Waals surface area (Å²) in [6, 6.07) is 55.0. The van der Waals surface area contributed by atoms with Crippen LogP contribution in [0.15, 0.2) is 170 Å². The van der Waals surface area contributed by atoms with E-state index in [2.05, 4.69) is 185 Å². The van der Waals surface area contributed by atoms with E-state index in [1.807, 2.05) is 12.4 Å². The standard InChI is InChI=1S/C48H35N3/c1-32-10-8-19-47-48(32)43-15-4-7-18-46(43)51(47)40-12-9-11-36(29-40)33-20-22-34(23-21-33)37-28-38(31-49-30-37)35-24-26-39(27-25-35)50-44-16-5-2-13-41(44)42-14-3-6-17-45(42)50/h2-9,11-32H,10H2,1H3. The maximum Gasteiger partial charge on any atom is 0.0541 e. The first-order chi connectivity index (χ1) is 25.2. The zero-order chi connectivity index (χ0) is 33.9. The largest absolute Gasteiger partial charge is 0.310 e. The van der Waals surface area contributed by atoms with Crippen LogP contribution >= 0.6 is 0 Å². The topological polar surface area (TPSA) is 22.8 Å². The Balaban J connectivity index is 0.951. The zero-order valence-corrected chi connectivity index (χ0v) is 28.4. The summed E-state index contributed by atoms with van der Waals surface area (Å²) in [6.07, 6.45) is 9.62. The number of pyridine rings is 1. The van der Waals surface area contributed by atoms with Crippen LogP contribution in [0.2, 0.25) is 0 Å². The molecular formula is C48H35N3. The Morgan fingerprint density at radius 3 is 1.67 bits per heavy atom. The molecule has 1 unspecified atom stereocenters. The van der Waals surface area contributed by atoms with E-state index in [0.29, 0.717) is 5.92 Å². The lowest BCUT2D eigenvalue weighted by atomic mass is 9.91. The molecule has 51 heavy (non-hydrogen) atoms. The molecule has 9 aromatic rings.